The molecular weight excluding hydrogens is 330 g/mol. The van der Waals surface area contributed by atoms with Gasteiger partial charge in [0.2, 0.25) is 0 Å². The molecule has 0 aliphatic carbocycles. The van der Waals surface area contributed by atoms with Crippen LogP contribution in [0.4, 0.5) is 5.82 Å². The molecule has 1 aromatic carbocycles. The fourth-order valence-corrected chi connectivity index (χ4v) is 2.23. The first-order valence-electron chi connectivity index (χ1n) is 5.62. The van der Waals surface area contributed by atoms with E-state index >= 15 is 0 Å². The molecule has 19 heavy (non-hydrogen) atoms. The van der Waals surface area contributed by atoms with Crippen LogP contribution in [-0.4, -0.2) is 24.1 Å². The van der Waals surface area contributed by atoms with Gasteiger partial charge in [-0.25, -0.2) is 9.97 Å². The van der Waals surface area contributed by atoms with E-state index in [9.17, 15) is 0 Å². The highest BCUT2D eigenvalue weighted by atomic mass is 79.9. The lowest BCUT2D eigenvalue weighted by atomic mass is 10.2. The Balaban J connectivity index is 2.62. The van der Waals surface area contributed by atoms with Crippen LogP contribution < -0.4 is 10.1 Å². The minimum absolute atomic E-state index is 0.596. The van der Waals surface area contributed by atoms with E-state index in [1.165, 1.54) is 0 Å². The van der Waals surface area contributed by atoms with E-state index in [0.717, 1.165) is 21.5 Å². The van der Waals surface area contributed by atoms with Crippen molar-refractivity contribution in [3.8, 4) is 17.1 Å². The molecule has 6 heteroatoms. The molecule has 0 aliphatic heterocycles. The molecule has 0 amide bonds. The van der Waals surface area contributed by atoms with Crippen LogP contribution in [0.3, 0.4) is 0 Å². The largest absolute Gasteiger partial charge is 0.496 e. The van der Waals surface area contributed by atoms with Gasteiger partial charge in [0.15, 0.2) is 5.82 Å². The monoisotopic (exact) mass is 341 g/mol. The van der Waals surface area contributed by atoms with Gasteiger partial charge in [-0.2, -0.15) is 0 Å². The van der Waals surface area contributed by atoms with Crippen LogP contribution in [0.1, 0.15) is 5.69 Å². The third-order valence-corrected chi connectivity index (χ3v) is 3.84. The molecular formula is C13H13BrClN3O. The molecule has 4 nitrogen and oxygen atoms in total. The number of rotatable bonds is 3. The van der Waals surface area contributed by atoms with Crippen LogP contribution in [0.5, 0.6) is 5.75 Å². The van der Waals surface area contributed by atoms with Crippen LogP contribution in [0.2, 0.25) is 5.02 Å². The fraction of sp³-hybridized carbons (Fsp3) is 0.231. The minimum Gasteiger partial charge on any atom is -0.496 e. The average Bonchev–Trinajstić information content (AvgIpc) is 2.41. The Morgan fingerprint density at radius 2 is 2.05 bits per heavy atom. The molecule has 0 bridgehead atoms. The molecule has 100 valence electrons. The normalized spacial score (nSPS) is 10.4. The van der Waals surface area contributed by atoms with Gasteiger partial charge in [0, 0.05) is 12.1 Å². The number of anilines is 1. The Morgan fingerprint density at radius 1 is 1.32 bits per heavy atom. The molecule has 1 heterocycles. The van der Waals surface area contributed by atoms with Crippen LogP contribution >= 0.6 is 27.5 Å². The number of benzene rings is 1. The summed E-state index contributed by atoms with van der Waals surface area (Å²) in [5, 5.41) is 3.64. The predicted molar refractivity (Wildman–Crippen MR) is 81.0 cm³/mol. The molecule has 1 aromatic heterocycles. The summed E-state index contributed by atoms with van der Waals surface area (Å²) < 4.78 is 6.18. The van der Waals surface area contributed by atoms with Crippen molar-refractivity contribution >= 4 is 33.3 Å². The second-order valence-corrected chi connectivity index (χ2v) is 5.12. The Hall–Kier alpha value is -1.33. The van der Waals surface area contributed by atoms with E-state index in [1.807, 2.05) is 20.0 Å². The molecule has 0 atom stereocenters. The highest BCUT2D eigenvalue weighted by Gasteiger charge is 2.13. The summed E-state index contributed by atoms with van der Waals surface area (Å²) in [5.74, 6) is 1.98. The van der Waals surface area contributed by atoms with E-state index in [-0.39, 0.29) is 0 Å². The Morgan fingerprint density at radius 3 is 2.68 bits per heavy atom. The van der Waals surface area contributed by atoms with Crippen LogP contribution in [0.25, 0.3) is 11.4 Å². The second kappa shape index (κ2) is 5.75. The van der Waals surface area contributed by atoms with Crippen LogP contribution in [-0.2, 0) is 0 Å². The third kappa shape index (κ3) is 2.82. The number of nitrogens with one attached hydrogen (secondary N) is 1. The Bertz CT molecular complexity index is 619. The zero-order valence-electron chi connectivity index (χ0n) is 10.8. The van der Waals surface area contributed by atoms with E-state index < -0.39 is 0 Å². The van der Waals surface area contributed by atoms with Gasteiger partial charge in [0.05, 0.1) is 22.8 Å². The first-order valence-corrected chi connectivity index (χ1v) is 6.79. The zero-order chi connectivity index (χ0) is 14.0. The summed E-state index contributed by atoms with van der Waals surface area (Å²) in [5.41, 5.74) is 1.66. The summed E-state index contributed by atoms with van der Waals surface area (Å²) in [6.45, 7) is 1.92. The molecule has 1 N–H and O–H groups in total. The molecule has 2 aromatic rings. The molecule has 0 unspecified atom stereocenters. The smallest absolute Gasteiger partial charge is 0.165 e. The van der Waals surface area contributed by atoms with E-state index in [1.54, 1.807) is 19.2 Å². The van der Waals surface area contributed by atoms with E-state index in [0.29, 0.717) is 16.6 Å². The minimum atomic E-state index is 0.596. The number of hydrogen-bond donors (Lipinski definition) is 1. The summed E-state index contributed by atoms with van der Waals surface area (Å²) in [6, 6.07) is 5.39. The highest BCUT2D eigenvalue weighted by molar-refractivity contribution is 9.10. The van der Waals surface area contributed by atoms with Crippen molar-refractivity contribution in [3.63, 3.8) is 0 Å². The quantitative estimate of drug-likeness (QED) is 0.918. The maximum atomic E-state index is 5.96. The second-order valence-electron chi connectivity index (χ2n) is 3.89. The first kappa shape index (κ1) is 14.1. The van der Waals surface area contributed by atoms with Gasteiger partial charge in [0.1, 0.15) is 11.6 Å². The van der Waals surface area contributed by atoms with Crippen molar-refractivity contribution in [2.45, 2.75) is 6.92 Å². The summed E-state index contributed by atoms with van der Waals surface area (Å²) in [4.78, 5) is 8.94. The molecule has 0 radical (unpaired) electrons. The predicted octanol–water partition coefficient (Wildman–Crippen LogP) is 3.92. The van der Waals surface area contributed by atoms with Gasteiger partial charge in [-0.3, -0.25) is 0 Å². The lowest BCUT2D eigenvalue weighted by Gasteiger charge is -2.11. The number of ether oxygens (including phenoxy) is 1. The van der Waals surface area contributed by atoms with Gasteiger partial charge < -0.3 is 10.1 Å². The molecule has 0 saturated heterocycles. The lowest BCUT2D eigenvalue weighted by molar-refractivity contribution is 0.416. The maximum absolute atomic E-state index is 5.96. The zero-order valence-corrected chi connectivity index (χ0v) is 13.1. The Labute approximate surface area is 125 Å². The molecule has 0 saturated carbocycles. The summed E-state index contributed by atoms with van der Waals surface area (Å²) in [6.07, 6.45) is 0. The van der Waals surface area contributed by atoms with Crippen molar-refractivity contribution in [2.24, 2.45) is 0 Å². The van der Waals surface area contributed by atoms with Gasteiger partial charge in [0.25, 0.3) is 0 Å². The molecule has 0 aliphatic rings. The lowest BCUT2D eigenvalue weighted by Crippen LogP contribution is -2.01. The van der Waals surface area contributed by atoms with E-state index in [4.69, 9.17) is 16.3 Å². The molecule has 2 rings (SSSR count). The first-order chi connectivity index (χ1) is 9.06. The highest BCUT2D eigenvalue weighted by Crippen LogP contribution is 2.33. The van der Waals surface area contributed by atoms with Crippen molar-refractivity contribution in [3.05, 3.63) is 33.4 Å². The van der Waals surface area contributed by atoms with Gasteiger partial charge >= 0.3 is 0 Å². The maximum Gasteiger partial charge on any atom is 0.165 e. The fourth-order valence-electron chi connectivity index (χ4n) is 1.70. The van der Waals surface area contributed by atoms with Gasteiger partial charge in [-0.1, -0.05) is 11.6 Å². The number of nitrogens with zero attached hydrogens (tertiary/aromatic N) is 2. The van der Waals surface area contributed by atoms with Crippen molar-refractivity contribution < 1.29 is 4.74 Å². The van der Waals surface area contributed by atoms with Crippen LogP contribution in [0, 0.1) is 6.92 Å². The van der Waals surface area contributed by atoms with E-state index in [2.05, 4.69) is 31.2 Å². The van der Waals surface area contributed by atoms with Crippen molar-refractivity contribution in [1.29, 1.82) is 0 Å². The van der Waals surface area contributed by atoms with Crippen molar-refractivity contribution in [2.75, 3.05) is 19.5 Å². The topological polar surface area (TPSA) is 47.0 Å². The van der Waals surface area contributed by atoms with Crippen LogP contribution in [0.15, 0.2) is 22.7 Å². The van der Waals surface area contributed by atoms with Gasteiger partial charge in [-0.05, 0) is 41.1 Å². The van der Waals surface area contributed by atoms with Gasteiger partial charge in [-0.15, -0.1) is 0 Å². The third-order valence-electron chi connectivity index (χ3n) is 2.66. The molecule has 0 spiro atoms. The Kier molecular flexibility index (Phi) is 4.27. The standard InChI is InChI=1S/C13H13BrClN3O/c1-7-11(14)13(16-2)18-12(17-7)9-5-4-8(15)6-10(9)19-3/h4-6H,1-3H3,(H,16,17,18). The summed E-state index contributed by atoms with van der Waals surface area (Å²) in [7, 11) is 3.41. The number of aryl methyl sites for hydroxylation is 1. The molecule has 0 fully saturated rings. The summed E-state index contributed by atoms with van der Waals surface area (Å²) >= 11 is 9.41. The van der Waals surface area contributed by atoms with Crippen molar-refractivity contribution in [1.82, 2.24) is 9.97 Å². The SMILES string of the molecule is CNc1nc(-c2ccc(Cl)cc2OC)nc(C)c1Br. The average molecular weight is 343 g/mol. The number of aromatic nitrogens is 2. The number of halogens is 2. The number of hydrogen-bond acceptors (Lipinski definition) is 4. The number of methoxy groups -OCH3 is 1.